The predicted molar refractivity (Wildman–Crippen MR) is 81.6 cm³/mol. The van der Waals surface area contributed by atoms with Gasteiger partial charge in [0, 0.05) is 53.2 Å². The number of rotatable bonds is 6. The summed E-state index contributed by atoms with van der Waals surface area (Å²) in [5, 5.41) is 5.91. The van der Waals surface area contributed by atoms with Crippen LogP contribution in [0.15, 0.2) is 36.7 Å². The van der Waals surface area contributed by atoms with E-state index in [4.69, 9.17) is 0 Å². The van der Waals surface area contributed by atoms with Crippen LogP contribution >= 0.6 is 0 Å². The molecule has 2 atom stereocenters. The summed E-state index contributed by atoms with van der Waals surface area (Å²) in [6, 6.07) is 8.71. The molecule has 0 aliphatic heterocycles. The van der Waals surface area contributed by atoms with Crippen LogP contribution in [0.4, 0.5) is 0 Å². The first kappa shape index (κ1) is 14.2. The highest BCUT2D eigenvalue weighted by Gasteiger charge is 2.05. The van der Waals surface area contributed by atoms with Crippen molar-refractivity contribution in [2.45, 2.75) is 25.9 Å². The van der Waals surface area contributed by atoms with Gasteiger partial charge in [-0.15, -0.1) is 0 Å². The summed E-state index contributed by atoms with van der Waals surface area (Å²) in [5.74, 6) is 0.758. The summed E-state index contributed by atoms with van der Waals surface area (Å²) in [5.41, 5.74) is 1.28. The molecule has 0 aliphatic rings. The Morgan fingerprint density at radius 1 is 1.37 bits per heavy atom. The minimum atomic E-state index is -0.705. The van der Waals surface area contributed by atoms with E-state index in [9.17, 15) is 4.21 Å². The molecule has 2 rings (SSSR count). The number of nitrogens with one attached hydrogen (secondary N) is 1. The molecule has 0 bridgehead atoms. The summed E-state index contributed by atoms with van der Waals surface area (Å²) < 4.78 is 11.1. The third-order valence-corrected chi connectivity index (χ3v) is 4.06. The molecule has 0 fully saturated rings. The van der Waals surface area contributed by atoms with Crippen LogP contribution in [-0.4, -0.2) is 27.2 Å². The normalized spacial score (nSPS) is 14.4. The number of hydrogen-bond donors (Lipinski definition) is 1. The molecule has 2 unspecified atom stereocenters. The minimum absolute atomic E-state index is 0.376. The molecule has 4 heteroatoms. The molecule has 102 valence electrons. The van der Waals surface area contributed by atoms with Crippen molar-refractivity contribution in [1.82, 2.24) is 10.3 Å². The fourth-order valence-electron chi connectivity index (χ4n) is 2.07. The van der Waals surface area contributed by atoms with Gasteiger partial charge < -0.3 is 5.32 Å². The summed E-state index contributed by atoms with van der Waals surface area (Å²) >= 11 is 0. The number of aromatic nitrogens is 1. The van der Waals surface area contributed by atoms with Gasteiger partial charge in [0.25, 0.3) is 0 Å². The second kappa shape index (κ2) is 6.78. The van der Waals surface area contributed by atoms with Crippen LogP contribution in [0.3, 0.4) is 0 Å². The monoisotopic (exact) mass is 276 g/mol. The molecule has 1 N–H and O–H groups in total. The SMILES string of the molecule is CC(CCS(C)=O)NCc1cccc2cnccc12. The van der Waals surface area contributed by atoms with Crippen molar-refractivity contribution in [1.29, 1.82) is 0 Å². The zero-order valence-corrected chi connectivity index (χ0v) is 12.2. The number of benzene rings is 1. The van der Waals surface area contributed by atoms with Crippen LogP contribution in [0.2, 0.25) is 0 Å². The highest BCUT2D eigenvalue weighted by Crippen LogP contribution is 2.17. The van der Waals surface area contributed by atoms with E-state index in [-0.39, 0.29) is 0 Å². The maximum atomic E-state index is 11.1. The fourth-order valence-corrected chi connectivity index (χ4v) is 2.76. The average Bonchev–Trinajstić information content (AvgIpc) is 2.42. The zero-order valence-electron chi connectivity index (χ0n) is 11.4. The largest absolute Gasteiger partial charge is 0.310 e. The van der Waals surface area contributed by atoms with Crippen molar-refractivity contribution in [2.24, 2.45) is 0 Å². The summed E-state index contributed by atoms with van der Waals surface area (Å²) in [7, 11) is -0.705. The predicted octanol–water partition coefficient (Wildman–Crippen LogP) is 2.48. The number of nitrogens with zero attached hydrogens (tertiary/aromatic N) is 1. The Labute approximate surface area is 116 Å². The Kier molecular flexibility index (Phi) is 5.05. The van der Waals surface area contributed by atoms with E-state index < -0.39 is 10.8 Å². The second-order valence-electron chi connectivity index (χ2n) is 4.86. The third-order valence-electron chi connectivity index (χ3n) is 3.25. The second-order valence-corrected chi connectivity index (χ2v) is 6.42. The first-order valence-corrected chi connectivity index (χ1v) is 8.24. The van der Waals surface area contributed by atoms with Crippen LogP contribution in [0.1, 0.15) is 18.9 Å². The third kappa shape index (κ3) is 4.11. The fraction of sp³-hybridized carbons (Fsp3) is 0.400. The summed E-state index contributed by atoms with van der Waals surface area (Å²) in [6.45, 7) is 2.97. The van der Waals surface area contributed by atoms with Gasteiger partial charge in [-0.3, -0.25) is 9.19 Å². The molecule has 0 amide bonds. The molecule has 0 saturated heterocycles. The summed E-state index contributed by atoms with van der Waals surface area (Å²) in [4.78, 5) is 4.14. The zero-order chi connectivity index (χ0) is 13.7. The van der Waals surface area contributed by atoms with Crippen molar-refractivity contribution in [3.8, 4) is 0 Å². The van der Waals surface area contributed by atoms with E-state index in [0.29, 0.717) is 6.04 Å². The molecule has 2 aromatic rings. The van der Waals surface area contributed by atoms with Gasteiger partial charge in [0.1, 0.15) is 0 Å². The van der Waals surface area contributed by atoms with E-state index in [1.807, 2.05) is 12.4 Å². The number of pyridine rings is 1. The topological polar surface area (TPSA) is 42.0 Å². The van der Waals surface area contributed by atoms with E-state index in [1.165, 1.54) is 16.3 Å². The smallest absolute Gasteiger partial charge is 0.0346 e. The highest BCUT2D eigenvalue weighted by atomic mass is 32.2. The number of fused-ring (bicyclic) bond motifs is 1. The van der Waals surface area contributed by atoms with Gasteiger partial charge in [-0.1, -0.05) is 18.2 Å². The van der Waals surface area contributed by atoms with Gasteiger partial charge in [0.15, 0.2) is 0 Å². The van der Waals surface area contributed by atoms with Crippen molar-refractivity contribution in [3.63, 3.8) is 0 Å². The molecule has 1 heterocycles. The first-order valence-electron chi connectivity index (χ1n) is 6.52. The van der Waals surface area contributed by atoms with Gasteiger partial charge >= 0.3 is 0 Å². The molecule has 19 heavy (non-hydrogen) atoms. The van der Waals surface area contributed by atoms with Crippen LogP contribution < -0.4 is 5.32 Å². The lowest BCUT2D eigenvalue weighted by atomic mass is 10.1. The lowest BCUT2D eigenvalue weighted by Gasteiger charge is -2.14. The van der Waals surface area contributed by atoms with Gasteiger partial charge in [-0.25, -0.2) is 0 Å². The average molecular weight is 276 g/mol. The molecule has 0 spiro atoms. The van der Waals surface area contributed by atoms with Gasteiger partial charge in [0.05, 0.1) is 0 Å². The standard InChI is InChI=1S/C15H20N2OS/c1-12(7-9-19(2)18)17-11-14-5-3-4-13-10-16-8-6-15(13)14/h3-6,8,10,12,17H,7,9,11H2,1-2H3. The molecule has 0 aliphatic carbocycles. The Bertz CT molecular complexity index is 566. The van der Waals surface area contributed by atoms with Crippen LogP contribution in [-0.2, 0) is 17.3 Å². The van der Waals surface area contributed by atoms with Crippen LogP contribution in [0, 0.1) is 0 Å². The van der Waals surface area contributed by atoms with E-state index in [1.54, 1.807) is 6.26 Å². The highest BCUT2D eigenvalue weighted by molar-refractivity contribution is 7.84. The molecular weight excluding hydrogens is 256 g/mol. The molecule has 1 aromatic heterocycles. The Balaban J connectivity index is 2.00. The Morgan fingerprint density at radius 3 is 3.00 bits per heavy atom. The van der Waals surface area contributed by atoms with Crippen molar-refractivity contribution in [2.75, 3.05) is 12.0 Å². The first-order chi connectivity index (χ1) is 9.16. The van der Waals surface area contributed by atoms with E-state index in [0.717, 1.165) is 18.7 Å². The molecule has 3 nitrogen and oxygen atoms in total. The molecule has 0 saturated carbocycles. The van der Waals surface area contributed by atoms with E-state index >= 15 is 0 Å². The maximum absolute atomic E-state index is 11.1. The Morgan fingerprint density at radius 2 is 2.21 bits per heavy atom. The van der Waals surface area contributed by atoms with Crippen LogP contribution in [0.25, 0.3) is 10.8 Å². The number of hydrogen-bond acceptors (Lipinski definition) is 3. The van der Waals surface area contributed by atoms with E-state index in [2.05, 4.69) is 41.5 Å². The van der Waals surface area contributed by atoms with Crippen molar-refractivity contribution < 1.29 is 4.21 Å². The molecular formula is C15H20N2OS. The summed E-state index contributed by atoms with van der Waals surface area (Å²) in [6.07, 6.45) is 6.41. The lowest BCUT2D eigenvalue weighted by molar-refractivity contribution is 0.536. The van der Waals surface area contributed by atoms with Crippen molar-refractivity contribution in [3.05, 3.63) is 42.2 Å². The minimum Gasteiger partial charge on any atom is -0.310 e. The quantitative estimate of drug-likeness (QED) is 0.881. The molecule has 1 aromatic carbocycles. The van der Waals surface area contributed by atoms with Gasteiger partial charge in [0.2, 0.25) is 0 Å². The Hall–Kier alpha value is -1.26. The van der Waals surface area contributed by atoms with Gasteiger partial charge in [-0.05, 0) is 30.4 Å². The lowest BCUT2D eigenvalue weighted by Crippen LogP contribution is -2.27. The van der Waals surface area contributed by atoms with Crippen molar-refractivity contribution >= 4 is 21.6 Å². The molecule has 0 radical (unpaired) electrons. The maximum Gasteiger partial charge on any atom is 0.0346 e. The van der Waals surface area contributed by atoms with Crippen LogP contribution in [0.5, 0.6) is 0 Å². The van der Waals surface area contributed by atoms with Gasteiger partial charge in [-0.2, -0.15) is 0 Å².